The summed E-state index contributed by atoms with van der Waals surface area (Å²) in [5.74, 6) is -0.0369. The second-order valence-electron chi connectivity index (χ2n) is 9.26. The predicted octanol–water partition coefficient (Wildman–Crippen LogP) is 5.64. The van der Waals surface area contributed by atoms with Crippen molar-refractivity contribution in [2.45, 2.75) is 50.2 Å². The number of carbonyl (C=O) groups excluding carboxylic acids is 2. The minimum atomic E-state index is -1.25. The molecule has 1 saturated heterocycles. The normalized spacial score (nSPS) is 25.8. The summed E-state index contributed by atoms with van der Waals surface area (Å²) in [7, 11) is 0. The van der Waals surface area contributed by atoms with Gasteiger partial charge in [0, 0.05) is 13.0 Å². The molecule has 1 amide bonds. The molecule has 0 aromatic heterocycles. The molecule has 2 aliphatic rings. The van der Waals surface area contributed by atoms with E-state index in [0.29, 0.717) is 26.1 Å². The van der Waals surface area contributed by atoms with Crippen molar-refractivity contribution in [3.8, 4) is 0 Å². The van der Waals surface area contributed by atoms with E-state index >= 15 is 0 Å². The molecule has 1 heterocycles. The van der Waals surface area contributed by atoms with Gasteiger partial charge in [0.05, 0.1) is 19.3 Å². The van der Waals surface area contributed by atoms with Crippen molar-refractivity contribution in [3.63, 3.8) is 0 Å². The summed E-state index contributed by atoms with van der Waals surface area (Å²) < 4.78 is 18.3. The Balaban J connectivity index is 1.50. The molecule has 0 N–H and O–H groups in total. The van der Waals surface area contributed by atoms with Crippen molar-refractivity contribution in [2.75, 3.05) is 13.2 Å². The van der Waals surface area contributed by atoms with Crippen molar-refractivity contribution in [1.82, 2.24) is 4.90 Å². The van der Waals surface area contributed by atoms with Gasteiger partial charge in [0.15, 0.2) is 17.5 Å². The summed E-state index contributed by atoms with van der Waals surface area (Å²) in [6.45, 7) is 2.62. The molecule has 0 bridgehead atoms. The summed E-state index contributed by atoms with van der Waals surface area (Å²) >= 11 is 0. The Morgan fingerprint density at radius 3 is 2.14 bits per heavy atom. The fourth-order valence-electron chi connectivity index (χ4n) is 5.50. The zero-order valence-electron chi connectivity index (χ0n) is 20.4. The molecule has 0 radical (unpaired) electrons. The number of rotatable bonds is 9. The Kier molecular flexibility index (Phi) is 7.16. The Bertz CT molecular complexity index is 1170. The van der Waals surface area contributed by atoms with E-state index in [2.05, 4.69) is 0 Å². The molecule has 4 atom stereocenters. The largest absolute Gasteiger partial charge is 0.439 e. The van der Waals surface area contributed by atoms with Crippen LogP contribution in [0.1, 0.15) is 48.6 Å². The standard InChI is InChI=1S/C30H31NO5/c1-2-35-30(21-34-20-22-12-6-3-7-13-22)25(18-19-26(30)32)31-27(23-14-8-4-9-15-23)28(36-29(31)33)24-16-10-5-11-17-24/h3-17,25,27-28H,2,18-21H2,1H3/t25-,27-,28+,30+/m1/s1. The average Bonchev–Trinajstić information content (AvgIpc) is 3.42. The molecular weight excluding hydrogens is 454 g/mol. The average molecular weight is 486 g/mol. The van der Waals surface area contributed by atoms with Gasteiger partial charge in [-0.2, -0.15) is 0 Å². The van der Waals surface area contributed by atoms with E-state index in [9.17, 15) is 9.59 Å². The van der Waals surface area contributed by atoms with Gasteiger partial charge in [0.2, 0.25) is 0 Å². The van der Waals surface area contributed by atoms with Gasteiger partial charge in [-0.1, -0.05) is 91.0 Å². The van der Waals surface area contributed by atoms with Crippen LogP contribution in [0.25, 0.3) is 0 Å². The van der Waals surface area contributed by atoms with Crippen LogP contribution in [0.4, 0.5) is 4.79 Å². The molecule has 1 aliphatic heterocycles. The van der Waals surface area contributed by atoms with Gasteiger partial charge in [-0.15, -0.1) is 0 Å². The molecule has 6 nitrogen and oxygen atoms in total. The van der Waals surface area contributed by atoms with Crippen LogP contribution in [0.15, 0.2) is 91.0 Å². The van der Waals surface area contributed by atoms with Gasteiger partial charge in [-0.05, 0) is 30.0 Å². The Morgan fingerprint density at radius 2 is 1.50 bits per heavy atom. The van der Waals surface area contributed by atoms with Crippen LogP contribution in [0.2, 0.25) is 0 Å². The number of carbonyl (C=O) groups is 2. The number of ketones is 1. The Morgan fingerprint density at radius 1 is 0.889 bits per heavy atom. The number of amides is 1. The third-order valence-corrected chi connectivity index (χ3v) is 7.12. The van der Waals surface area contributed by atoms with Crippen LogP contribution in [0, 0.1) is 0 Å². The quantitative estimate of drug-likeness (QED) is 0.392. The van der Waals surface area contributed by atoms with E-state index in [-0.39, 0.29) is 12.4 Å². The minimum Gasteiger partial charge on any atom is -0.439 e. The van der Waals surface area contributed by atoms with E-state index < -0.39 is 29.9 Å². The summed E-state index contributed by atoms with van der Waals surface area (Å²) in [5, 5.41) is 0. The third kappa shape index (κ3) is 4.54. The molecule has 186 valence electrons. The number of benzene rings is 3. The number of hydrogen-bond acceptors (Lipinski definition) is 5. The molecular formula is C30H31NO5. The van der Waals surface area contributed by atoms with Gasteiger partial charge in [0.1, 0.15) is 6.04 Å². The Hall–Kier alpha value is -3.48. The van der Waals surface area contributed by atoms with E-state index in [0.717, 1.165) is 16.7 Å². The summed E-state index contributed by atoms with van der Waals surface area (Å²) in [6.07, 6.45) is -0.125. The van der Waals surface area contributed by atoms with Gasteiger partial charge >= 0.3 is 6.09 Å². The highest BCUT2D eigenvalue weighted by Gasteiger charge is 2.59. The first-order valence-electron chi connectivity index (χ1n) is 12.5. The van der Waals surface area contributed by atoms with Crippen molar-refractivity contribution >= 4 is 11.9 Å². The predicted molar refractivity (Wildman–Crippen MR) is 135 cm³/mol. The maximum Gasteiger partial charge on any atom is 0.411 e. The fourth-order valence-corrected chi connectivity index (χ4v) is 5.50. The number of Topliss-reactive ketones (excluding diaryl/α,β-unsaturated/α-hetero) is 1. The van der Waals surface area contributed by atoms with Gasteiger partial charge in [0.25, 0.3) is 0 Å². The van der Waals surface area contributed by atoms with E-state index in [1.807, 2.05) is 97.9 Å². The monoisotopic (exact) mass is 485 g/mol. The topological polar surface area (TPSA) is 65.1 Å². The first-order valence-corrected chi connectivity index (χ1v) is 12.5. The molecule has 3 aromatic rings. The van der Waals surface area contributed by atoms with Crippen LogP contribution in [-0.2, 0) is 25.6 Å². The summed E-state index contributed by atoms with van der Waals surface area (Å²) in [5.41, 5.74) is 1.63. The molecule has 0 unspecified atom stereocenters. The highest BCUT2D eigenvalue weighted by atomic mass is 16.6. The maximum atomic E-state index is 13.5. The first-order chi connectivity index (χ1) is 17.6. The van der Waals surface area contributed by atoms with Crippen molar-refractivity contribution in [2.24, 2.45) is 0 Å². The lowest BCUT2D eigenvalue weighted by atomic mass is 9.90. The van der Waals surface area contributed by atoms with E-state index in [1.165, 1.54) is 0 Å². The molecule has 0 spiro atoms. The lowest BCUT2D eigenvalue weighted by molar-refractivity contribution is -0.158. The smallest absolute Gasteiger partial charge is 0.411 e. The second kappa shape index (κ2) is 10.6. The molecule has 2 fully saturated rings. The van der Waals surface area contributed by atoms with Gasteiger partial charge in [-0.3, -0.25) is 9.69 Å². The molecule has 36 heavy (non-hydrogen) atoms. The number of ether oxygens (including phenoxy) is 3. The molecule has 1 aliphatic carbocycles. The van der Waals surface area contributed by atoms with E-state index in [4.69, 9.17) is 14.2 Å². The van der Waals surface area contributed by atoms with E-state index in [1.54, 1.807) is 4.90 Å². The van der Waals surface area contributed by atoms with Gasteiger partial charge in [-0.25, -0.2) is 4.79 Å². The third-order valence-electron chi connectivity index (χ3n) is 7.12. The van der Waals surface area contributed by atoms with Crippen molar-refractivity contribution < 1.29 is 23.8 Å². The van der Waals surface area contributed by atoms with Crippen LogP contribution in [0.5, 0.6) is 0 Å². The zero-order chi connectivity index (χ0) is 25.0. The van der Waals surface area contributed by atoms with Crippen LogP contribution in [-0.4, -0.2) is 41.6 Å². The SMILES string of the molecule is CCO[C@]1(COCc2ccccc2)C(=O)CC[C@H]1N1C(=O)O[C@@H](c2ccccc2)[C@H]1c1ccccc1. The molecule has 6 heteroatoms. The van der Waals surface area contributed by atoms with Gasteiger partial charge < -0.3 is 14.2 Å². The maximum absolute atomic E-state index is 13.5. The molecule has 5 rings (SSSR count). The van der Waals surface area contributed by atoms with Crippen LogP contribution in [0.3, 0.4) is 0 Å². The van der Waals surface area contributed by atoms with Crippen LogP contribution >= 0.6 is 0 Å². The van der Waals surface area contributed by atoms with Crippen molar-refractivity contribution in [1.29, 1.82) is 0 Å². The molecule has 3 aromatic carbocycles. The highest BCUT2D eigenvalue weighted by molar-refractivity contribution is 5.92. The summed E-state index contributed by atoms with van der Waals surface area (Å²) in [4.78, 5) is 28.7. The number of hydrogen-bond donors (Lipinski definition) is 0. The minimum absolute atomic E-state index is 0.0369. The lowest BCUT2D eigenvalue weighted by Crippen LogP contribution is -2.58. The Labute approximate surface area is 211 Å². The van der Waals surface area contributed by atoms with Crippen LogP contribution < -0.4 is 0 Å². The fraction of sp³-hybridized carbons (Fsp3) is 0.333. The summed E-state index contributed by atoms with van der Waals surface area (Å²) in [6, 6.07) is 28.5. The van der Waals surface area contributed by atoms with Crippen molar-refractivity contribution in [3.05, 3.63) is 108 Å². The highest BCUT2D eigenvalue weighted by Crippen LogP contribution is 2.48. The number of nitrogens with zero attached hydrogens (tertiary/aromatic N) is 1. The zero-order valence-corrected chi connectivity index (χ0v) is 20.4. The number of cyclic esters (lactones) is 1. The lowest BCUT2D eigenvalue weighted by Gasteiger charge is -2.40. The second-order valence-corrected chi connectivity index (χ2v) is 9.26. The first kappa shape index (κ1) is 24.2. The molecule has 1 saturated carbocycles.